The van der Waals surface area contributed by atoms with E-state index in [2.05, 4.69) is 5.32 Å². The summed E-state index contributed by atoms with van der Waals surface area (Å²) in [6.07, 6.45) is 6.10. The Hall–Kier alpha value is -0.620. The van der Waals surface area contributed by atoms with Crippen LogP contribution >= 0.6 is 0 Å². The van der Waals surface area contributed by atoms with Crippen LogP contribution in [0.3, 0.4) is 0 Å². The molecular weight excluding hydrogens is 252 g/mol. The van der Waals surface area contributed by atoms with Crippen LogP contribution in [0.15, 0.2) is 0 Å². The lowest BCUT2D eigenvalue weighted by molar-refractivity contribution is -0.132. The van der Waals surface area contributed by atoms with Gasteiger partial charge in [-0.1, -0.05) is 19.3 Å². The lowest BCUT2D eigenvalue weighted by Gasteiger charge is -2.43. The van der Waals surface area contributed by atoms with Gasteiger partial charge in [0.25, 0.3) is 15.9 Å². The topological polar surface area (TPSA) is 66.5 Å². The van der Waals surface area contributed by atoms with Crippen LogP contribution in [0.1, 0.15) is 46.0 Å². The fourth-order valence-electron chi connectivity index (χ4n) is 2.65. The first kappa shape index (κ1) is 13.8. The normalized spacial score (nSPS) is 27.0. The van der Waals surface area contributed by atoms with Crippen molar-refractivity contribution in [2.45, 2.75) is 56.7 Å². The van der Waals surface area contributed by atoms with Crippen LogP contribution in [0.25, 0.3) is 0 Å². The van der Waals surface area contributed by atoms with Crippen molar-refractivity contribution in [3.8, 4) is 0 Å². The van der Waals surface area contributed by atoms with Crippen LogP contribution in [0.4, 0.5) is 0 Å². The molecule has 1 saturated heterocycles. The molecule has 0 atom stereocenters. The second kappa shape index (κ2) is 4.81. The molecule has 0 unspecified atom stereocenters. The van der Waals surface area contributed by atoms with E-state index in [9.17, 15) is 13.2 Å². The third kappa shape index (κ3) is 2.16. The highest BCUT2D eigenvalue weighted by molar-refractivity contribution is 7.94. The van der Waals surface area contributed by atoms with E-state index in [1.165, 1.54) is 33.1 Å². The van der Waals surface area contributed by atoms with Crippen LogP contribution in [-0.4, -0.2) is 42.5 Å². The van der Waals surface area contributed by atoms with E-state index in [0.29, 0.717) is 12.6 Å². The smallest absolute Gasteiger partial charge is 0.258 e. The number of sulfonamides is 1. The Balaban J connectivity index is 1.80. The predicted molar refractivity (Wildman–Crippen MR) is 69.6 cm³/mol. The fraction of sp³-hybridized carbons (Fsp3) is 0.917. The first-order valence-corrected chi connectivity index (χ1v) is 8.11. The average Bonchev–Trinajstić information content (AvgIpc) is 2.34. The number of nitrogens with zero attached hydrogens (tertiary/aromatic N) is 1. The molecule has 104 valence electrons. The van der Waals surface area contributed by atoms with Crippen molar-refractivity contribution in [2.24, 2.45) is 0 Å². The molecule has 1 N–H and O–H groups in total. The van der Waals surface area contributed by atoms with Crippen LogP contribution in [0.2, 0.25) is 0 Å². The second-order valence-corrected chi connectivity index (χ2v) is 8.09. The van der Waals surface area contributed by atoms with Crippen molar-refractivity contribution >= 4 is 15.9 Å². The maximum Gasteiger partial charge on any atom is 0.258 e. The van der Waals surface area contributed by atoms with Gasteiger partial charge in [0.1, 0.15) is 0 Å². The van der Waals surface area contributed by atoms with Crippen molar-refractivity contribution in [3.05, 3.63) is 0 Å². The van der Waals surface area contributed by atoms with Gasteiger partial charge in [0, 0.05) is 19.1 Å². The summed E-state index contributed by atoms with van der Waals surface area (Å²) < 4.78 is 23.5. The SMILES string of the molecule is CC1(C)C(=O)N(CCNC2CCCCC2)S1(=O)=O. The summed E-state index contributed by atoms with van der Waals surface area (Å²) in [4.78, 5) is 11.7. The summed E-state index contributed by atoms with van der Waals surface area (Å²) >= 11 is 0. The zero-order chi connectivity index (χ0) is 13.4. The van der Waals surface area contributed by atoms with Crippen molar-refractivity contribution in [2.75, 3.05) is 13.1 Å². The quantitative estimate of drug-likeness (QED) is 0.825. The zero-order valence-electron chi connectivity index (χ0n) is 11.1. The lowest BCUT2D eigenvalue weighted by atomic mass is 9.95. The molecule has 0 aromatic rings. The number of hydrogen-bond acceptors (Lipinski definition) is 4. The lowest BCUT2D eigenvalue weighted by Crippen LogP contribution is -2.68. The number of carbonyl (C=O) groups is 1. The van der Waals surface area contributed by atoms with Gasteiger partial charge in [-0.05, 0) is 26.7 Å². The van der Waals surface area contributed by atoms with Crippen molar-refractivity contribution in [1.82, 2.24) is 9.62 Å². The fourth-order valence-corrected chi connectivity index (χ4v) is 4.18. The van der Waals surface area contributed by atoms with Gasteiger partial charge >= 0.3 is 0 Å². The standard InChI is InChI=1S/C12H22N2O3S/c1-12(2)11(15)14(18(12,16)17)9-8-13-10-6-4-3-5-7-10/h10,13H,3-9H2,1-2H3. The molecule has 1 heterocycles. The van der Waals surface area contributed by atoms with Crippen LogP contribution in [0, 0.1) is 0 Å². The second-order valence-electron chi connectivity index (χ2n) is 5.68. The minimum absolute atomic E-state index is 0.265. The van der Waals surface area contributed by atoms with Crippen molar-refractivity contribution in [1.29, 1.82) is 0 Å². The molecule has 18 heavy (non-hydrogen) atoms. The average molecular weight is 274 g/mol. The molecule has 6 heteroatoms. The summed E-state index contributed by atoms with van der Waals surface area (Å²) in [5.74, 6) is -0.284. The minimum Gasteiger partial charge on any atom is -0.312 e. The van der Waals surface area contributed by atoms with Gasteiger partial charge in [-0.2, -0.15) is 0 Å². The van der Waals surface area contributed by atoms with Gasteiger partial charge in [0.2, 0.25) is 0 Å². The van der Waals surface area contributed by atoms with Gasteiger partial charge in [0.05, 0.1) is 0 Å². The summed E-state index contributed by atoms with van der Waals surface area (Å²) in [5.41, 5.74) is 0. The maximum atomic E-state index is 11.8. The molecule has 0 bridgehead atoms. The Morgan fingerprint density at radius 2 is 1.89 bits per heavy atom. The van der Waals surface area contributed by atoms with E-state index < -0.39 is 14.8 Å². The Morgan fingerprint density at radius 3 is 2.44 bits per heavy atom. The highest BCUT2D eigenvalue weighted by atomic mass is 32.2. The maximum absolute atomic E-state index is 11.8. The molecule has 0 spiro atoms. The number of carbonyl (C=O) groups excluding carboxylic acids is 1. The Labute approximate surface area is 109 Å². The molecule has 2 aliphatic rings. The molecule has 5 nitrogen and oxygen atoms in total. The zero-order valence-corrected chi connectivity index (χ0v) is 11.9. The van der Waals surface area contributed by atoms with E-state index in [1.807, 2.05) is 0 Å². The van der Waals surface area contributed by atoms with Gasteiger partial charge in [0.15, 0.2) is 4.75 Å². The number of amides is 1. The van der Waals surface area contributed by atoms with Crippen molar-refractivity contribution < 1.29 is 13.2 Å². The van der Waals surface area contributed by atoms with Gasteiger partial charge < -0.3 is 5.32 Å². The third-order valence-corrected chi connectivity index (χ3v) is 6.42. The Bertz CT molecular complexity index is 425. The molecule has 1 amide bonds. The Kier molecular flexibility index (Phi) is 3.69. The highest BCUT2D eigenvalue weighted by Crippen LogP contribution is 2.34. The Morgan fingerprint density at radius 1 is 1.28 bits per heavy atom. The monoisotopic (exact) mass is 274 g/mol. The van der Waals surface area contributed by atoms with E-state index >= 15 is 0 Å². The summed E-state index contributed by atoms with van der Waals surface area (Å²) in [7, 11) is -3.41. The van der Waals surface area contributed by atoms with Crippen LogP contribution < -0.4 is 5.32 Å². The van der Waals surface area contributed by atoms with Gasteiger partial charge in [-0.25, -0.2) is 12.7 Å². The number of nitrogens with one attached hydrogen (secondary N) is 1. The largest absolute Gasteiger partial charge is 0.312 e. The molecule has 1 aliphatic heterocycles. The van der Waals surface area contributed by atoms with E-state index in [0.717, 1.165) is 17.1 Å². The van der Waals surface area contributed by atoms with E-state index in [4.69, 9.17) is 0 Å². The third-order valence-electron chi connectivity index (χ3n) is 4.03. The van der Waals surface area contributed by atoms with Crippen molar-refractivity contribution in [3.63, 3.8) is 0 Å². The number of hydrogen-bond donors (Lipinski definition) is 1. The summed E-state index contributed by atoms with van der Waals surface area (Å²) in [6, 6.07) is 0.492. The molecule has 0 radical (unpaired) electrons. The first-order valence-electron chi connectivity index (χ1n) is 6.67. The number of rotatable bonds is 4. The molecule has 0 aromatic carbocycles. The van der Waals surface area contributed by atoms with E-state index in [-0.39, 0.29) is 12.5 Å². The summed E-state index contributed by atoms with van der Waals surface area (Å²) in [6.45, 7) is 3.76. The molecule has 2 rings (SSSR count). The first-order chi connectivity index (χ1) is 8.37. The molecule has 2 fully saturated rings. The summed E-state index contributed by atoms with van der Waals surface area (Å²) in [5, 5.41) is 3.35. The van der Waals surface area contributed by atoms with Crippen LogP contribution in [-0.2, 0) is 14.8 Å². The molecular formula is C12H22N2O3S. The molecule has 1 aliphatic carbocycles. The molecule has 0 aromatic heterocycles. The predicted octanol–water partition coefficient (Wildman–Crippen LogP) is 0.859. The minimum atomic E-state index is -3.41. The van der Waals surface area contributed by atoms with Crippen LogP contribution in [0.5, 0.6) is 0 Å². The van der Waals surface area contributed by atoms with E-state index in [1.54, 1.807) is 0 Å². The van der Waals surface area contributed by atoms with Gasteiger partial charge in [-0.3, -0.25) is 4.79 Å². The van der Waals surface area contributed by atoms with Gasteiger partial charge in [-0.15, -0.1) is 0 Å². The highest BCUT2D eigenvalue weighted by Gasteiger charge is 2.59. The molecule has 1 saturated carbocycles.